The second-order valence-electron chi connectivity index (χ2n) is 5.30. The summed E-state index contributed by atoms with van der Waals surface area (Å²) in [6.45, 7) is 0. The van der Waals surface area contributed by atoms with E-state index in [9.17, 15) is 14.3 Å². The van der Waals surface area contributed by atoms with Gasteiger partial charge in [0, 0.05) is 11.1 Å². The molecule has 0 aliphatic rings. The van der Waals surface area contributed by atoms with E-state index in [0.717, 1.165) is 5.56 Å². The maximum Gasteiger partial charge on any atom is 0.186 e. The minimum atomic E-state index is -0.312. The molecule has 0 fully saturated rings. The number of phenolic OH excluding ortho intramolecular Hbond substituents is 1. The van der Waals surface area contributed by atoms with Gasteiger partial charge in [-0.05, 0) is 60.7 Å². The van der Waals surface area contributed by atoms with Crippen LogP contribution >= 0.6 is 0 Å². The Labute approximate surface area is 143 Å². The first-order valence-electron chi connectivity index (χ1n) is 7.47. The standard InChI is InChI=1S/C19H15FN2O3/c1-25-19-9-4-13(10-18(19)24)17(23)8-7-15-11-16(22-21-15)12-2-5-14(20)6-3-12/h2-11,24H,1H3,(H,21,22)/b8-7+. The lowest BCUT2D eigenvalue weighted by atomic mass is 10.1. The minimum absolute atomic E-state index is 0.0955. The molecule has 0 atom stereocenters. The number of aromatic nitrogens is 2. The van der Waals surface area contributed by atoms with Crippen molar-refractivity contribution in [2.45, 2.75) is 0 Å². The van der Waals surface area contributed by atoms with E-state index in [-0.39, 0.29) is 17.3 Å². The Kier molecular flexibility index (Phi) is 4.61. The Balaban J connectivity index is 1.75. The van der Waals surface area contributed by atoms with Crippen molar-refractivity contribution in [3.8, 4) is 22.8 Å². The molecule has 3 aromatic rings. The van der Waals surface area contributed by atoms with Crippen LogP contribution in [0.4, 0.5) is 4.39 Å². The van der Waals surface area contributed by atoms with Crippen molar-refractivity contribution in [1.82, 2.24) is 10.2 Å². The molecule has 0 amide bonds. The van der Waals surface area contributed by atoms with Crippen LogP contribution in [0.2, 0.25) is 0 Å². The van der Waals surface area contributed by atoms with Gasteiger partial charge < -0.3 is 9.84 Å². The average molecular weight is 338 g/mol. The van der Waals surface area contributed by atoms with E-state index < -0.39 is 0 Å². The number of nitrogens with one attached hydrogen (secondary N) is 1. The van der Waals surface area contributed by atoms with Crippen LogP contribution in [0, 0.1) is 5.82 Å². The van der Waals surface area contributed by atoms with Crippen LogP contribution < -0.4 is 4.74 Å². The number of hydrogen-bond acceptors (Lipinski definition) is 4. The van der Waals surface area contributed by atoms with Crippen molar-refractivity contribution in [1.29, 1.82) is 0 Å². The molecule has 2 N–H and O–H groups in total. The fraction of sp³-hybridized carbons (Fsp3) is 0.0526. The number of aromatic hydroxyl groups is 1. The maximum absolute atomic E-state index is 13.0. The quantitative estimate of drug-likeness (QED) is 0.548. The van der Waals surface area contributed by atoms with Crippen LogP contribution in [0.25, 0.3) is 17.3 Å². The number of ketones is 1. The third-order valence-corrected chi connectivity index (χ3v) is 3.62. The highest BCUT2D eigenvalue weighted by Gasteiger charge is 2.08. The van der Waals surface area contributed by atoms with Crippen molar-refractivity contribution in [2.75, 3.05) is 7.11 Å². The maximum atomic E-state index is 13.0. The molecule has 6 heteroatoms. The fourth-order valence-corrected chi connectivity index (χ4v) is 2.30. The van der Waals surface area contributed by atoms with E-state index in [4.69, 9.17) is 4.74 Å². The van der Waals surface area contributed by atoms with Crippen LogP contribution in [0.5, 0.6) is 11.5 Å². The molecule has 0 spiro atoms. The molecule has 0 saturated heterocycles. The van der Waals surface area contributed by atoms with Crippen molar-refractivity contribution < 1.29 is 19.0 Å². The molecule has 0 bridgehead atoms. The zero-order chi connectivity index (χ0) is 17.8. The van der Waals surface area contributed by atoms with E-state index in [1.807, 2.05) is 0 Å². The molecule has 0 saturated carbocycles. The number of halogens is 1. The molecule has 2 aromatic carbocycles. The molecule has 0 radical (unpaired) electrons. The Bertz CT molecular complexity index is 930. The van der Waals surface area contributed by atoms with Gasteiger partial charge in [0.1, 0.15) is 5.82 Å². The fourth-order valence-electron chi connectivity index (χ4n) is 2.30. The number of benzene rings is 2. The smallest absolute Gasteiger partial charge is 0.186 e. The Morgan fingerprint density at radius 2 is 1.96 bits per heavy atom. The van der Waals surface area contributed by atoms with Gasteiger partial charge in [-0.1, -0.05) is 0 Å². The summed E-state index contributed by atoms with van der Waals surface area (Å²) in [5.74, 6) is -0.372. The number of methoxy groups -OCH3 is 1. The van der Waals surface area contributed by atoms with E-state index >= 15 is 0 Å². The Morgan fingerprint density at radius 1 is 1.20 bits per heavy atom. The number of allylic oxidation sites excluding steroid dienone is 1. The van der Waals surface area contributed by atoms with Gasteiger partial charge in [0.05, 0.1) is 18.5 Å². The number of H-pyrrole nitrogens is 1. The second kappa shape index (κ2) is 7.00. The van der Waals surface area contributed by atoms with Gasteiger partial charge >= 0.3 is 0 Å². The Morgan fingerprint density at radius 3 is 2.64 bits per heavy atom. The Hall–Kier alpha value is -3.41. The van der Waals surface area contributed by atoms with E-state index in [0.29, 0.717) is 22.7 Å². The SMILES string of the molecule is COc1ccc(C(=O)/C=C/c2cc(-c3ccc(F)cc3)n[nH]2)cc1O. The van der Waals surface area contributed by atoms with Crippen molar-refractivity contribution >= 4 is 11.9 Å². The lowest BCUT2D eigenvalue weighted by Gasteiger charge is -2.03. The van der Waals surface area contributed by atoms with Crippen molar-refractivity contribution in [3.05, 3.63) is 71.7 Å². The first kappa shape index (κ1) is 16.4. The van der Waals surface area contributed by atoms with Crippen LogP contribution in [-0.4, -0.2) is 28.2 Å². The van der Waals surface area contributed by atoms with Crippen LogP contribution in [-0.2, 0) is 0 Å². The molecule has 126 valence electrons. The average Bonchev–Trinajstić information content (AvgIpc) is 3.09. The summed E-state index contributed by atoms with van der Waals surface area (Å²) >= 11 is 0. The van der Waals surface area contributed by atoms with Crippen LogP contribution in [0.15, 0.2) is 54.6 Å². The summed E-state index contributed by atoms with van der Waals surface area (Å²) in [6.07, 6.45) is 2.97. The third-order valence-electron chi connectivity index (χ3n) is 3.62. The van der Waals surface area contributed by atoms with Gasteiger partial charge in [-0.15, -0.1) is 0 Å². The van der Waals surface area contributed by atoms with Crippen LogP contribution in [0.1, 0.15) is 16.1 Å². The predicted molar refractivity (Wildman–Crippen MR) is 92.0 cm³/mol. The zero-order valence-corrected chi connectivity index (χ0v) is 13.4. The van der Waals surface area contributed by atoms with Crippen LogP contribution in [0.3, 0.4) is 0 Å². The first-order chi connectivity index (χ1) is 12.1. The second-order valence-corrected chi connectivity index (χ2v) is 5.30. The largest absolute Gasteiger partial charge is 0.504 e. The highest BCUT2D eigenvalue weighted by atomic mass is 19.1. The van der Waals surface area contributed by atoms with E-state index in [1.54, 1.807) is 30.3 Å². The highest BCUT2D eigenvalue weighted by molar-refractivity contribution is 6.07. The van der Waals surface area contributed by atoms with Gasteiger partial charge in [-0.2, -0.15) is 5.10 Å². The first-order valence-corrected chi connectivity index (χ1v) is 7.47. The number of ether oxygens (including phenoxy) is 1. The minimum Gasteiger partial charge on any atom is -0.504 e. The summed E-state index contributed by atoms with van der Waals surface area (Å²) < 4.78 is 17.9. The normalized spacial score (nSPS) is 11.0. The number of aromatic amines is 1. The number of hydrogen-bond donors (Lipinski definition) is 2. The zero-order valence-electron chi connectivity index (χ0n) is 13.4. The van der Waals surface area contributed by atoms with Gasteiger partial charge in [0.15, 0.2) is 17.3 Å². The predicted octanol–water partition coefficient (Wildman–Crippen LogP) is 3.83. The summed E-state index contributed by atoms with van der Waals surface area (Å²) in [4.78, 5) is 12.2. The highest BCUT2D eigenvalue weighted by Crippen LogP contribution is 2.26. The van der Waals surface area contributed by atoms with Gasteiger partial charge in [0.2, 0.25) is 0 Å². The molecule has 0 aliphatic heterocycles. The summed E-state index contributed by atoms with van der Waals surface area (Å²) in [6, 6.07) is 12.2. The van der Waals surface area contributed by atoms with Gasteiger partial charge in [-0.3, -0.25) is 9.89 Å². The topological polar surface area (TPSA) is 75.2 Å². The lowest BCUT2D eigenvalue weighted by Crippen LogP contribution is -1.94. The van der Waals surface area contributed by atoms with E-state index in [2.05, 4.69) is 10.2 Å². The summed E-state index contributed by atoms with van der Waals surface area (Å²) in [5.41, 5.74) is 2.39. The van der Waals surface area contributed by atoms with Crippen molar-refractivity contribution in [3.63, 3.8) is 0 Å². The molecule has 1 heterocycles. The molecule has 3 rings (SSSR count). The van der Waals surface area contributed by atoms with E-state index in [1.165, 1.54) is 37.5 Å². The molecular formula is C19H15FN2O3. The molecule has 25 heavy (non-hydrogen) atoms. The number of carbonyl (C=O) groups is 1. The molecule has 1 aromatic heterocycles. The molecule has 0 unspecified atom stereocenters. The number of carbonyl (C=O) groups excluding carboxylic acids is 1. The van der Waals surface area contributed by atoms with Gasteiger partial charge in [-0.25, -0.2) is 4.39 Å². The number of nitrogens with zero attached hydrogens (tertiary/aromatic N) is 1. The lowest BCUT2D eigenvalue weighted by molar-refractivity contribution is 0.104. The van der Waals surface area contributed by atoms with Crippen molar-refractivity contribution in [2.24, 2.45) is 0 Å². The van der Waals surface area contributed by atoms with Gasteiger partial charge in [0.25, 0.3) is 0 Å². The third kappa shape index (κ3) is 3.74. The molecule has 0 aliphatic carbocycles. The number of phenols is 1. The number of rotatable bonds is 5. The monoisotopic (exact) mass is 338 g/mol. The molecular weight excluding hydrogens is 323 g/mol. The summed E-state index contributed by atoms with van der Waals surface area (Å²) in [7, 11) is 1.44. The summed E-state index contributed by atoms with van der Waals surface area (Å²) in [5, 5.41) is 16.7. The molecule has 5 nitrogen and oxygen atoms in total.